The molecule has 154 valence electrons. The molecule has 2 aromatic rings. The predicted octanol–water partition coefficient (Wildman–Crippen LogP) is 3.23. The zero-order valence-corrected chi connectivity index (χ0v) is 17.4. The fourth-order valence-electron chi connectivity index (χ4n) is 4.70. The van der Waals surface area contributed by atoms with Crippen LogP contribution in [0.25, 0.3) is 0 Å². The number of aromatic nitrogens is 2. The number of nitrogens with one attached hydrogen (secondary N) is 1. The zero-order chi connectivity index (χ0) is 20.6. The summed E-state index contributed by atoms with van der Waals surface area (Å²) in [6, 6.07) is 5.59. The number of ether oxygens (including phenoxy) is 1. The summed E-state index contributed by atoms with van der Waals surface area (Å²) >= 11 is 6.36. The molecular weight excluding hydrogens is 388 g/mol. The summed E-state index contributed by atoms with van der Waals surface area (Å²) in [7, 11) is 1.54. The number of hydrogen-bond acceptors (Lipinski definition) is 7. The van der Waals surface area contributed by atoms with Gasteiger partial charge in [0.05, 0.1) is 24.0 Å². The highest BCUT2D eigenvalue weighted by Crippen LogP contribution is 2.45. The molecule has 29 heavy (non-hydrogen) atoms. The first-order valence-corrected chi connectivity index (χ1v) is 10.4. The quantitative estimate of drug-likeness (QED) is 0.661. The minimum Gasteiger partial charge on any atom is -0.495 e. The third-order valence-electron chi connectivity index (χ3n) is 6.54. The number of benzene rings is 1. The van der Waals surface area contributed by atoms with Gasteiger partial charge < -0.3 is 21.1 Å². The number of halogens is 1. The van der Waals surface area contributed by atoms with E-state index in [1.54, 1.807) is 31.5 Å². The molecule has 1 saturated carbocycles. The van der Waals surface area contributed by atoms with E-state index in [1.807, 2.05) is 0 Å². The summed E-state index contributed by atoms with van der Waals surface area (Å²) in [4.78, 5) is 11.2. The van der Waals surface area contributed by atoms with Crippen molar-refractivity contribution in [3.8, 4) is 5.75 Å². The molecule has 0 radical (unpaired) electrons. The lowest BCUT2D eigenvalue weighted by molar-refractivity contribution is 0.197. The van der Waals surface area contributed by atoms with Crippen LogP contribution in [0.4, 0.5) is 11.6 Å². The fraction of sp³-hybridized carbons (Fsp3) is 0.476. The molecule has 2 aliphatic rings. The Hall–Kier alpha value is -2.38. The van der Waals surface area contributed by atoms with E-state index < -0.39 is 0 Å². The summed E-state index contributed by atoms with van der Waals surface area (Å²) < 4.78 is 5.24. The normalized spacial score (nSPS) is 20.8. The topological polar surface area (TPSA) is 114 Å². The van der Waals surface area contributed by atoms with Crippen molar-refractivity contribution in [1.29, 1.82) is 5.41 Å². The first kappa shape index (κ1) is 19.9. The van der Waals surface area contributed by atoms with Gasteiger partial charge in [0, 0.05) is 24.7 Å². The lowest BCUT2D eigenvalue weighted by atomic mass is 9.74. The molecule has 1 aromatic heterocycles. The second-order valence-corrected chi connectivity index (χ2v) is 8.38. The number of methoxy groups -OCH3 is 1. The number of hydrogen-bond donors (Lipinski definition) is 3. The molecule has 1 atom stereocenters. The summed E-state index contributed by atoms with van der Waals surface area (Å²) in [5.74, 6) is 1.48. The molecule has 2 fully saturated rings. The standard InChI is InChI=1S/C21H27ClN6O/c1-29-14-5-2-4-13(17(14)22)18(24)19-20(25)27-16(12-26-19)28-10-8-21(9-11-28)7-3-6-15(21)23/h2,4-5,12,15,24H,3,6-11,23H2,1H3,(H2,25,27)/t15-/m1/s1. The van der Waals surface area contributed by atoms with Crippen molar-refractivity contribution in [2.45, 2.75) is 38.1 Å². The van der Waals surface area contributed by atoms with Gasteiger partial charge in [0.15, 0.2) is 5.82 Å². The van der Waals surface area contributed by atoms with E-state index in [9.17, 15) is 0 Å². The van der Waals surface area contributed by atoms with Crippen molar-refractivity contribution in [2.75, 3.05) is 30.8 Å². The first-order chi connectivity index (χ1) is 13.9. The lowest BCUT2D eigenvalue weighted by Gasteiger charge is -2.42. The summed E-state index contributed by atoms with van der Waals surface area (Å²) in [6.07, 6.45) is 7.45. The van der Waals surface area contributed by atoms with E-state index in [0.717, 1.165) is 38.2 Å². The Labute approximate surface area is 175 Å². The fourth-order valence-corrected chi connectivity index (χ4v) is 4.99. The van der Waals surface area contributed by atoms with Crippen LogP contribution in [0.15, 0.2) is 24.4 Å². The molecule has 8 heteroatoms. The number of nitrogens with zero attached hydrogens (tertiary/aromatic N) is 3. The first-order valence-electron chi connectivity index (χ1n) is 10.00. The molecule has 7 nitrogen and oxygen atoms in total. The SMILES string of the molecule is COc1cccc(C(=N)c2ncc(N3CCC4(CCC[C@H]4N)CC3)nc2N)c1Cl. The van der Waals surface area contributed by atoms with Gasteiger partial charge in [-0.2, -0.15) is 0 Å². The van der Waals surface area contributed by atoms with E-state index in [2.05, 4.69) is 14.9 Å². The maximum Gasteiger partial charge on any atom is 0.154 e. The van der Waals surface area contributed by atoms with Crippen molar-refractivity contribution in [2.24, 2.45) is 11.1 Å². The van der Waals surface area contributed by atoms with E-state index in [-0.39, 0.29) is 11.5 Å². The number of nitrogen functional groups attached to an aromatic ring is 1. The largest absolute Gasteiger partial charge is 0.495 e. The minimum atomic E-state index is 0.125. The molecule has 5 N–H and O–H groups in total. The number of piperidine rings is 1. The molecule has 1 saturated heterocycles. The van der Waals surface area contributed by atoms with Crippen molar-refractivity contribution >= 4 is 28.9 Å². The number of anilines is 2. The van der Waals surface area contributed by atoms with E-state index in [4.69, 9.17) is 33.2 Å². The van der Waals surface area contributed by atoms with Gasteiger partial charge in [-0.1, -0.05) is 30.2 Å². The molecule has 1 aliphatic heterocycles. The third-order valence-corrected chi connectivity index (χ3v) is 6.93. The van der Waals surface area contributed by atoms with Crippen molar-refractivity contribution < 1.29 is 4.74 Å². The predicted molar refractivity (Wildman–Crippen MR) is 116 cm³/mol. The second-order valence-electron chi connectivity index (χ2n) is 8.01. The Morgan fingerprint density at radius 3 is 2.69 bits per heavy atom. The smallest absolute Gasteiger partial charge is 0.154 e. The van der Waals surface area contributed by atoms with Gasteiger partial charge in [0.1, 0.15) is 17.3 Å². The van der Waals surface area contributed by atoms with Crippen molar-refractivity contribution in [1.82, 2.24) is 9.97 Å². The Balaban J connectivity index is 1.52. The Morgan fingerprint density at radius 1 is 1.31 bits per heavy atom. The second kappa shape index (κ2) is 7.80. The van der Waals surface area contributed by atoms with Gasteiger partial charge in [-0.05, 0) is 37.2 Å². The van der Waals surface area contributed by atoms with Gasteiger partial charge in [0.2, 0.25) is 0 Å². The zero-order valence-electron chi connectivity index (χ0n) is 16.6. The molecule has 1 spiro atoms. The van der Waals surface area contributed by atoms with Crippen LogP contribution < -0.4 is 21.1 Å². The molecule has 4 rings (SSSR count). The van der Waals surface area contributed by atoms with E-state index >= 15 is 0 Å². The highest BCUT2D eigenvalue weighted by atomic mass is 35.5. The summed E-state index contributed by atoms with van der Waals surface area (Å²) in [5, 5.41) is 8.88. The molecular formula is C21H27ClN6O. The van der Waals surface area contributed by atoms with Crippen LogP contribution in [-0.4, -0.2) is 41.9 Å². The van der Waals surface area contributed by atoms with Crippen LogP contribution in [0.5, 0.6) is 5.75 Å². The van der Waals surface area contributed by atoms with Crippen LogP contribution in [0.1, 0.15) is 43.4 Å². The number of rotatable bonds is 4. The maximum atomic E-state index is 8.52. The lowest BCUT2D eigenvalue weighted by Crippen LogP contribution is -2.47. The highest BCUT2D eigenvalue weighted by molar-refractivity contribution is 6.36. The Morgan fingerprint density at radius 2 is 2.07 bits per heavy atom. The van der Waals surface area contributed by atoms with Crippen LogP contribution in [0, 0.1) is 10.8 Å². The van der Waals surface area contributed by atoms with Crippen molar-refractivity contribution in [3.63, 3.8) is 0 Å². The van der Waals surface area contributed by atoms with Crippen LogP contribution >= 0.6 is 11.6 Å². The van der Waals surface area contributed by atoms with Gasteiger partial charge in [-0.3, -0.25) is 5.41 Å². The van der Waals surface area contributed by atoms with Gasteiger partial charge >= 0.3 is 0 Å². The van der Waals surface area contributed by atoms with E-state index in [1.165, 1.54) is 12.8 Å². The molecule has 0 amide bonds. The average Bonchev–Trinajstić information content (AvgIpc) is 3.08. The maximum absolute atomic E-state index is 8.52. The minimum absolute atomic E-state index is 0.125. The van der Waals surface area contributed by atoms with Gasteiger partial charge in [0.25, 0.3) is 0 Å². The number of nitrogens with two attached hydrogens (primary N) is 2. The van der Waals surface area contributed by atoms with Crippen LogP contribution in [-0.2, 0) is 0 Å². The monoisotopic (exact) mass is 414 g/mol. The van der Waals surface area contributed by atoms with Crippen molar-refractivity contribution in [3.05, 3.63) is 40.7 Å². The molecule has 0 bridgehead atoms. The average molecular weight is 415 g/mol. The van der Waals surface area contributed by atoms with E-state index in [0.29, 0.717) is 33.5 Å². The van der Waals surface area contributed by atoms with Crippen LogP contribution in [0.3, 0.4) is 0 Å². The van der Waals surface area contributed by atoms with Gasteiger partial charge in [-0.15, -0.1) is 0 Å². The molecule has 1 aliphatic carbocycles. The summed E-state index contributed by atoms with van der Waals surface area (Å²) in [5.41, 5.74) is 13.8. The highest BCUT2D eigenvalue weighted by Gasteiger charge is 2.43. The molecule has 2 heterocycles. The Kier molecular flexibility index (Phi) is 5.36. The molecule has 0 unspecified atom stereocenters. The summed E-state index contributed by atoms with van der Waals surface area (Å²) in [6.45, 7) is 1.81. The Bertz CT molecular complexity index is 925. The van der Waals surface area contributed by atoms with Gasteiger partial charge in [-0.25, -0.2) is 9.97 Å². The van der Waals surface area contributed by atoms with Crippen LogP contribution in [0.2, 0.25) is 5.02 Å². The third kappa shape index (κ3) is 3.53. The molecule has 1 aromatic carbocycles.